The van der Waals surface area contributed by atoms with E-state index in [1.54, 1.807) is 0 Å². The number of rotatable bonds is 6. The Kier molecular flexibility index (Phi) is 6.73. The third-order valence-corrected chi connectivity index (χ3v) is 5.96. The molecule has 0 bridgehead atoms. The first-order valence-electron chi connectivity index (χ1n) is 10.7. The van der Waals surface area contributed by atoms with Crippen LogP contribution in [0.5, 0.6) is 0 Å². The van der Waals surface area contributed by atoms with Crippen LogP contribution in [0.3, 0.4) is 0 Å². The van der Waals surface area contributed by atoms with Crippen molar-refractivity contribution in [2.24, 2.45) is 5.41 Å². The predicted octanol–water partition coefficient (Wildman–Crippen LogP) is 4.36. The van der Waals surface area contributed by atoms with Gasteiger partial charge in [0.25, 0.3) is 0 Å². The number of hydrogen-bond donors (Lipinski definition) is 1. The molecule has 3 rings (SSSR count). The molecule has 0 radical (unpaired) electrons. The fourth-order valence-corrected chi connectivity index (χ4v) is 4.38. The van der Waals surface area contributed by atoms with Crippen molar-refractivity contribution in [3.8, 4) is 11.1 Å². The van der Waals surface area contributed by atoms with Gasteiger partial charge < -0.3 is 10.2 Å². The zero-order chi connectivity index (χ0) is 20.9. The van der Waals surface area contributed by atoms with E-state index in [0.29, 0.717) is 25.9 Å². The summed E-state index contributed by atoms with van der Waals surface area (Å²) >= 11 is 0. The smallest absolute Gasteiger partial charge is 0.228 e. The molecule has 4 nitrogen and oxygen atoms in total. The highest BCUT2D eigenvalue weighted by molar-refractivity contribution is 5.85. The van der Waals surface area contributed by atoms with Gasteiger partial charge in [0.1, 0.15) is 0 Å². The molecule has 1 heterocycles. The van der Waals surface area contributed by atoms with Gasteiger partial charge in [0.05, 0.1) is 5.41 Å². The van der Waals surface area contributed by atoms with Crippen LogP contribution in [0.15, 0.2) is 48.5 Å². The van der Waals surface area contributed by atoms with E-state index in [9.17, 15) is 9.59 Å². The van der Waals surface area contributed by atoms with Crippen LogP contribution < -0.4 is 5.32 Å². The summed E-state index contributed by atoms with van der Waals surface area (Å²) in [5.41, 5.74) is 4.13. The van der Waals surface area contributed by atoms with Crippen LogP contribution in [0.4, 0.5) is 0 Å². The summed E-state index contributed by atoms with van der Waals surface area (Å²) in [6.07, 6.45) is 2.77. The van der Waals surface area contributed by atoms with Gasteiger partial charge in [0, 0.05) is 26.1 Å². The number of piperidine rings is 1. The third-order valence-electron chi connectivity index (χ3n) is 5.96. The monoisotopic (exact) mass is 392 g/mol. The van der Waals surface area contributed by atoms with Crippen molar-refractivity contribution in [2.45, 2.75) is 46.5 Å². The van der Waals surface area contributed by atoms with E-state index in [1.165, 1.54) is 5.56 Å². The van der Waals surface area contributed by atoms with Gasteiger partial charge in [-0.25, -0.2) is 0 Å². The van der Waals surface area contributed by atoms with Crippen molar-refractivity contribution in [3.05, 3.63) is 59.7 Å². The molecule has 2 amide bonds. The molecule has 1 unspecified atom stereocenters. The van der Waals surface area contributed by atoms with Crippen molar-refractivity contribution < 1.29 is 9.59 Å². The first-order chi connectivity index (χ1) is 14.0. The average Bonchev–Trinajstić information content (AvgIpc) is 2.74. The second-order valence-electron chi connectivity index (χ2n) is 8.11. The highest BCUT2D eigenvalue weighted by Gasteiger charge is 2.43. The maximum atomic E-state index is 13.2. The Morgan fingerprint density at radius 3 is 2.48 bits per heavy atom. The van der Waals surface area contributed by atoms with E-state index in [0.717, 1.165) is 36.1 Å². The lowest BCUT2D eigenvalue weighted by atomic mass is 9.73. The minimum absolute atomic E-state index is 0.0623. The number of nitrogens with zero attached hydrogens (tertiary/aromatic N) is 1. The van der Waals surface area contributed by atoms with Gasteiger partial charge in [-0.15, -0.1) is 0 Å². The van der Waals surface area contributed by atoms with Gasteiger partial charge in [-0.3, -0.25) is 9.59 Å². The van der Waals surface area contributed by atoms with Crippen LogP contribution in [0.25, 0.3) is 11.1 Å². The minimum Gasteiger partial charge on any atom is -0.356 e. The summed E-state index contributed by atoms with van der Waals surface area (Å²) in [6.45, 7) is 7.76. The molecule has 1 fully saturated rings. The lowest BCUT2D eigenvalue weighted by molar-refractivity contribution is -0.141. The molecular formula is C25H32N2O2. The molecule has 1 saturated heterocycles. The summed E-state index contributed by atoms with van der Waals surface area (Å²) in [5.74, 6) is 0.192. The summed E-state index contributed by atoms with van der Waals surface area (Å²) < 4.78 is 0. The van der Waals surface area contributed by atoms with Crippen molar-refractivity contribution in [3.63, 3.8) is 0 Å². The fourth-order valence-electron chi connectivity index (χ4n) is 4.38. The summed E-state index contributed by atoms with van der Waals surface area (Å²) in [6, 6.07) is 16.9. The maximum absolute atomic E-state index is 13.2. The van der Waals surface area contributed by atoms with Crippen LogP contribution in [-0.2, 0) is 16.0 Å². The quantitative estimate of drug-likeness (QED) is 0.794. The second kappa shape index (κ2) is 9.25. The molecule has 0 aromatic heterocycles. The number of aryl methyl sites for hydroxylation is 1. The maximum Gasteiger partial charge on any atom is 0.228 e. The first kappa shape index (κ1) is 21.1. The number of nitrogens with one attached hydrogen (secondary N) is 1. The lowest BCUT2D eigenvalue weighted by Crippen LogP contribution is -2.54. The number of benzene rings is 2. The first-order valence-corrected chi connectivity index (χ1v) is 10.7. The van der Waals surface area contributed by atoms with Crippen LogP contribution in [0, 0.1) is 12.3 Å². The zero-order valence-corrected chi connectivity index (χ0v) is 17.8. The summed E-state index contributed by atoms with van der Waals surface area (Å²) in [7, 11) is 0. The second-order valence-corrected chi connectivity index (χ2v) is 8.11. The molecule has 0 saturated carbocycles. The molecule has 1 aliphatic rings. The molecule has 0 aliphatic carbocycles. The van der Waals surface area contributed by atoms with E-state index >= 15 is 0 Å². The Morgan fingerprint density at radius 2 is 1.79 bits per heavy atom. The van der Waals surface area contributed by atoms with E-state index in [1.807, 2.05) is 30.9 Å². The van der Waals surface area contributed by atoms with Crippen molar-refractivity contribution in [1.82, 2.24) is 10.2 Å². The number of carbonyl (C=O) groups is 2. The Hall–Kier alpha value is -2.62. The van der Waals surface area contributed by atoms with Gasteiger partial charge in [-0.05, 0) is 49.8 Å². The zero-order valence-electron chi connectivity index (χ0n) is 17.8. The standard InChI is InChI=1S/C25H32N2O2/c1-4-23(28)27-16-8-15-25(18-27,24(29)26-5-2)17-21-9-6-7-10-22(21)20-13-11-19(3)12-14-20/h6-7,9-14H,4-5,8,15-18H2,1-3H3,(H,26,29). The molecule has 1 atom stereocenters. The Bertz CT molecular complexity index is 859. The van der Waals surface area contributed by atoms with Crippen molar-refractivity contribution in [2.75, 3.05) is 19.6 Å². The molecule has 2 aromatic carbocycles. The Balaban J connectivity index is 1.98. The van der Waals surface area contributed by atoms with Crippen molar-refractivity contribution in [1.29, 1.82) is 0 Å². The highest BCUT2D eigenvalue weighted by atomic mass is 16.2. The van der Waals surface area contributed by atoms with Gasteiger partial charge in [0.15, 0.2) is 0 Å². The number of carbonyl (C=O) groups excluding carboxylic acids is 2. The summed E-state index contributed by atoms with van der Waals surface area (Å²) in [5, 5.41) is 3.04. The normalized spacial score (nSPS) is 19.1. The van der Waals surface area contributed by atoms with E-state index in [-0.39, 0.29) is 11.8 Å². The molecule has 29 heavy (non-hydrogen) atoms. The van der Waals surface area contributed by atoms with Crippen LogP contribution in [0.1, 0.15) is 44.2 Å². The van der Waals surface area contributed by atoms with Crippen molar-refractivity contribution >= 4 is 11.8 Å². The number of hydrogen-bond acceptors (Lipinski definition) is 2. The predicted molar refractivity (Wildman–Crippen MR) is 118 cm³/mol. The van der Waals surface area contributed by atoms with E-state index in [2.05, 4.69) is 48.6 Å². The SMILES string of the molecule is CCNC(=O)C1(Cc2ccccc2-c2ccc(C)cc2)CCCN(C(=O)CC)C1. The van der Waals surface area contributed by atoms with Gasteiger partial charge >= 0.3 is 0 Å². The third kappa shape index (κ3) is 4.69. The Labute approximate surface area is 174 Å². The Morgan fingerprint density at radius 1 is 1.07 bits per heavy atom. The molecule has 4 heteroatoms. The fraction of sp³-hybridized carbons (Fsp3) is 0.440. The van der Waals surface area contributed by atoms with Crippen LogP contribution >= 0.6 is 0 Å². The molecule has 1 N–H and O–H groups in total. The average molecular weight is 393 g/mol. The van der Waals surface area contributed by atoms with E-state index < -0.39 is 5.41 Å². The van der Waals surface area contributed by atoms with Gasteiger partial charge in [-0.1, -0.05) is 61.0 Å². The van der Waals surface area contributed by atoms with E-state index in [4.69, 9.17) is 0 Å². The van der Waals surface area contributed by atoms with Crippen LogP contribution in [-0.4, -0.2) is 36.3 Å². The van der Waals surface area contributed by atoms with Crippen LogP contribution in [0.2, 0.25) is 0 Å². The molecule has 1 aliphatic heterocycles. The lowest BCUT2D eigenvalue weighted by Gasteiger charge is -2.42. The topological polar surface area (TPSA) is 49.4 Å². The molecule has 0 spiro atoms. The number of likely N-dealkylation sites (tertiary alicyclic amines) is 1. The number of amides is 2. The molecule has 154 valence electrons. The largest absolute Gasteiger partial charge is 0.356 e. The molecule has 2 aromatic rings. The minimum atomic E-state index is -0.583. The van der Waals surface area contributed by atoms with Gasteiger partial charge in [0.2, 0.25) is 11.8 Å². The van der Waals surface area contributed by atoms with Gasteiger partial charge in [-0.2, -0.15) is 0 Å². The highest BCUT2D eigenvalue weighted by Crippen LogP contribution is 2.37. The summed E-state index contributed by atoms with van der Waals surface area (Å²) in [4.78, 5) is 27.5. The molecular weight excluding hydrogens is 360 g/mol.